The van der Waals surface area contributed by atoms with Crippen LogP contribution in [-0.4, -0.2) is 31.5 Å². The predicted octanol–water partition coefficient (Wildman–Crippen LogP) is 3.79. The number of thiophene rings is 1. The molecule has 0 bridgehead atoms. The molecule has 23 heavy (non-hydrogen) atoms. The second kappa shape index (κ2) is 6.34. The molecule has 6 heteroatoms. The lowest BCUT2D eigenvalue weighted by Crippen LogP contribution is -2.45. The quantitative estimate of drug-likeness (QED) is 0.839. The Morgan fingerprint density at radius 1 is 1.17 bits per heavy atom. The normalized spacial score (nSPS) is 18.9. The van der Waals surface area contributed by atoms with Crippen molar-refractivity contribution in [2.45, 2.75) is 36.8 Å². The maximum atomic E-state index is 14.9. The molecule has 1 saturated heterocycles. The summed E-state index contributed by atoms with van der Waals surface area (Å²) in [5.41, 5.74) is 0.703. The van der Waals surface area contributed by atoms with E-state index < -0.39 is 15.7 Å². The number of hydrogen-bond donors (Lipinski definition) is 0. The van der Waals surface area contributed by atoms with Gasteiger partial charge >= 0.3 is 0 Å². The van der Waals surface area contributed by atoms with Gasteiger partial charge in [-0.2, -0.15) is 15.6 Å². The largest absolute Gasteiger partial charge is 0.243 e. The molecule has 1 aliphatic heterocycles. The summed E-state index contributed by atoms with van der Waals surface area (Å²) < 4.78 is 41.6. The molecule has 3 nitrogen and oxygen atoms in total. The minimum Gasteiger partial charge on any atom is -0.243 e. The van der Waals surface area contributed by atoms with E-state index in [2.05, 4.69) is 0 Å². The molecule has 0 spiro atoms. The minimum absolute atomic E-state index is 0.233. The number of sulfonamides is 1. The van der Waals surface area contributed by atoms with Gasteiger partial charge in [-0.05, 0) is 54.3 Å². The van der Waals surface area contributed by atoms with Crippen molar-refractivity contribution in [2.75, 3.05) is 13.1 Å². The monoisotopic (exact) mass is 353 g/mol. The summed E-state index contributed by atoms with van der Waals surface area (Å²) in [6.07, 6.45) is 0.858. The molecule has 0 radical (unpaired) electrons. The topological polar surface area (TPSA) is 37.4 Å². The lowest BCUT2D eigenvalue weighted by molar-refractivity contribution is 0.0890. The van der Waals surface area contributed by atoms with E-state index >= 15 is 0 Å². The molecule has 0 unspecified atom stereocenters. The van der Waals surface area contributed by atoms with Crippen LogP contribution >= 0.6 is 11.3 Å². The number of hydrogen-bond acceptors (Lipinski definition) is 3. The summed E-state index contributed by atoms with van der Waals surface area (Å²) in [4.78, 5) is 0.285. The van der Waals surface area contributed by atoms with Crippen LogP contribution in [0.3, 0.4) is 0 Å². The van der Waals surface area contributed by atoms with Gasteiger partial charge < -0.3 is 0 Å². The molecule has 0 saturated carbocycles. The molecule has 1 aliphatic rings. The molecule has 0 atom stereocenters. The lowest BCUT2D eigenvalue weighted by atomic mass is 9.89. The van der Waals surface area contributed by atoms with E-state index in [-0.39, 0.29) is 30.8 Å². The van der Waals surface area contributed by atoms with Crippen LogP contribution in [0.15, 0.2) is 46.0 Å². The molecular weight excluding hydrogens is 333 g/mol. The van der Waals surface area contributed by atoms with Gasteiger partial charge in [-0.25, -0.2) is 12.8 Å². The highest BCUT2D eigenvalue weighted by Crippen LogP contribution is 2.33. The van der Waals surface area contributed by atoms with Crippen molar-refractivity contribution in [2.24, 2.45) is 0 Å². The molecule has 1 fully saturated rings. The summed E-state index contributed by atoms with van der Waals surface area (Å²) in [5, 5.41) is 3.90. The highest BCUT2D eigenvalue weighted by molar-refractivity contribution is 7.89. The first-order valence-electron chi connectivity index (χ1n) is 7.66. The van der Waals surface area contributed by atoms with Crippen LogP contribution in [0.5, 0.6) is 0 Å². The standard InChI is InChI=1S/C17H20FNO2S2/c1-14-2-4-16(5-3-14)23(20,21)19-9-7-17(18,8-10-19)12-15-6-11-22-13-15/h2-6,11,13H,7-10,12H2,1H3. The van der Waals surface area contributed by atoms with E-state index in [1.54, 1.807) is 35.6 Å². The zero-order valence-electron chi connectivity index (χ0n) is 13.0. The van der Waals surface area contributed by atoms with Gasteiger partial charge in [-0.1, -0.05) is 17.7 Å². The van der Waals surface area contributed by atoms with Gasteiger partial charge in [0.05, 0.1) is 4.90 Å². The fourth-order valence-corrected chi connectivity index (χ4v) is 5.03. The fraction of sp³-hybridized carbons (Fsp3) is 0.412. The van der Waals surface area contributed by atoms with Crippen molar-refractivity contribution in [3.63, 3.8) is 0 Å². The summed E-state index contributed by atoms with van der Waals surface area (Å²) >= 11 is 1.56. The smallest absolute Gasteiger partial charge is 0.243 e. The SMILES string of the molecule is Cc1ccc(S(=O)(=O)N2CCC(F)(Cc3ccsc3)CC2)cc1. The number of rotatable bonds is 4. The van der Waals surface area contributed by atoms with Crippen LogP contribution in [0, 0.1) is 6.92 Å². The Kier molecular flexibility index (Phi) is 4.58. The molecule has 0 amide bonds. The fourth-order valence-electron chi connectivity index (χ4n) is 2.92. The number of benzene rings is 1. The van der Waals surface area contributed by atoms with Crippen LogP contribution in [0.1, 0.15) is 24.0 Å². The van der Waals surface area contributed by atoms with Gasteiger partial charge in [0, 0.05) is 19.5 Å². The maximum absolute atomic E-state index is 14.9. The van der Waals surface area contributed by atoms with E-state index in [4.69, 9.17) is 0 Å². The number of aryl methyl sites for hydroxylation is 1. The number of piperidine rings is 1. The van der Waals surface area contributed by atoms with E-state index in [0.29, 0.717) is 6.42 Å². The Hall–Kier alpha value is -1.24. The molecule has 3 rings (SSSR count). The van der Waals surface area contributed by atoms with E-state index in [1.807, 2.05) is 23.8 Å². The molecule has 124 valence electrons. The summed E-state index contributed by atoms with van der Waals surface area (Å²) in [7, 11) is -3.52. The van der Waals surface area contributed by atoms with Crippen LogP contribution in [0.2, 0.25) is 0 Å². The van der Waals surface area contributed by atoms with E-state index in [9.17, 15) is 12.8 Å². The van der Waals surface area contributed by atoms with E-state index in [0.717, 1.165) is 11.1 Å². The van der Waals surface area contributed by atoms with E-state index in [1.165, 1.54) is 4.31 Å². The average Bonchev–Trinajstić information content (AvgIpc) is 3.00. The van der Waals surface area contributed by atoms with Gasteiger partial charge in [-0.15, -0.1) is 0 Å². The molecule has 2 heterocycles. The van der Waals surface area contributed by atoms with Gasteiger partial charge in [0.1, 0.15) is 5.67 Å². The van der Waals surface area contributed by atoms with Crippen LogP contribution < -0.4 is 0 Å². The third kappa shape index (κ3) is 3.65. The number of halogens is 1. The van der Waals surface area contributed by atoms with Crippen LogP contribution in [0.4, 0.5) is 4.39 Å². The highest BCUT2D eigenvalue weighted by atomic mass is 32.2. The lowest BCUT2D eigenvalue weighted by Gasteiger charge is -2.35. The van der Waals surface area contributed by atoms with Gasteiger partial charge in [0.2, 0.25) is 10.0 Å². The number of alkyl halides is 1. The highest BCUT2D eigenvalue weighted by Gasteiger charge is 2.38. The molecule has 0 aliphatic carbocycles. The first kappa shape index (κ1) is 16.6. The van der Waals surface area contributed by atoms with Crippen molar-refractivity contribution >= 4 is 21.4 Å². The average molecular weight is 353 g/mol. The molecule has 1 aromatic heterocycles. The van der Waals surface area contributed by atoms with Gasteiger partial charge in [0.15, 0.2) is 0 Å². The third-order valence-corrected chi connectivity index (χ3v) is 7.02. The van der Waals surface area contributed by atoms with Crippen molar-refractivity contribution in [3.05, 3.63) is 52.2 Å². The van der Waals surface area contributed by atoms with Crippen molar-refractivity contribution in [3.8, 4) is 0 Å². The summed E-state index contributed by atoms with van der Waals surface area (Å²) in [6, 6.07) is 8.74. The Bertz CT molecular complexity index is 746. The zero-order valence-corrected chi connectivity index (χ0v) is 14.7. The Balaban J connectivity index is 1.69. The van der Waals surface area contributed by atoms with Gasteiger partial charge in [0.25, 0.3) is 0 Å². The summed E-state index contributed by atoms with van der Waals surface area (Å²) in [6.45, 7) is 2.38. The third-order valence-electron chi connectivity index (χ3n) is 4.38. The Morgan fingerprint density at radius 3 is 2.39 bits per heavy atom. The zero-order chi connectivity index (χ0) is 16.5. The van der Waals surface area contributed by atoms with Gasteiger partial charge in [-0.3, -0.25) is 0 Å². The second-order valence-electron chi connectivity index (χ2n) is 6.18. The molecular formula is C17H20FNO2S2. The molecule has 0 N–H and O–H groups in total. The first-order valence-corrected chi connectivity index (χ1v) is 10.0. The number of nitrogens with zero attached hydrogens (tertiary/aromatic N) is 1. The molecule has 2 aromatic rings. The Labute approximate surface area is 140 Å². The minimum atomic E-state index is -3.52. The second-order valence-corrected chi connectivity index (χ2v) is 8.89. The summed E-state index contributed by atoms with van der Waals surface area (Å²) in [5.74, 6) is 0. The Morgan fingerprint density at radius 2 is 1.83 bits per heavy atom. The van der Waals surface area contributed by atoms with Crippen LogP contribution in [-0.2, 0) is 16.4 Å². The molecule has 1 aromatic carbocycles. The predicted molar refractivity (Wildman–Crippen MR) is 91.0 cm³/mol. The maximum Gasteiger partial charge on any atom is 0.243 e. The van der Waals surface area contributed by atoms with Crippen molar-refractivity contribution in [1.82, 2.24) is 4.31 Å². The van der Waals surface area contributed by atoms with Crippen molar-refractivity contribution < 1.29 is 12.8 Å². The van der Waals surface area contributed by atoms with Crippen molar-refractivity contribution in [1.29, 1.82) is 0 Å². The van der Waals surface area contributed by atoms with Crippen LogP contribution in [0.25, 0.3) is 0 Å². The first-order chi connectivity index (χ1) is 10.9.